The lowest BCUT2D eigenvalue weighted by atomic mass is 9.89. The molecule has 156 valence electrons. The van der Waals surface area contributed by atoms with E-state index >= 15 is 0 Å². The van der Waals surface area contributed by atoms with Gasteiger partial charge in [0.25, 0.3) is 5.91 Å². The van der Waals surface area contributed by atoms with E-state index < -0.39 is 5.82 Å². The van der Waals surface area contributed by atoms with Crippen LogP contribution in [-0.4, -0.2) is 53.7 Å². The number of urea groups is 1. The highest BCUT2D eigenvalue weighted by molar-refractivity contribution is 6.01. The highest BCUT2D eigenvalue weighted by atomic mass is 19.1. The number of hydrogen-bond donors (Lipinski definition) is 1. The highest BCUT2D eigenvalue weighted by Gasteiger charge is 2.24. The third-order valence-electron chi connectivity index (χ3n) is 5.65. The maximum Gasteiger partial charge on any atom is 0.321 e. The lowest BCUT2D eigenvalue weighted by Crippen LogP contribution is -2.39. The van der Waals surface area contributed by atoms with Gasteiger partial charge in [-0.3, -0.25) is 9.59 Å². The number of benzene rings is 2. The highest BCUT2D eigenvalue weighted by Crippen LogP contribution is 2.23. The van der Waals surface area contributed by atoms with Crippen LogP contribution in [0.2, 0.25) is 0 Å². The first kappa shape index (κ1) is 20.1. The summed E-state index contributed by atoms with van der Waals surface area (Å²) < 4.78 is 13.3. The molecule has 2 aromatic rings. The number of nitrogens with one attached hydrogen (secondary N) is 1. The van der Waals surface area contributed by atoms with Gasteiger partial charge >= 0.3 is 6.03 Å². The molecule has 1 aliphatic heterocycles. The standard InChI is InChI=1S/C23H24FN3O3/c24-18-5-2-6-19(15-18)25-23(30)27-11-3-10-26(12-13-27)22(29)17-8-9-20-16(14-17)4-1-7-21(20)28/h2,5-6,8-9,14-15H,1,3-4,7,10-13H2,(H,25,30). The van der Waals surface area contributed by atoms with Gasteiger partial charge in [-0.1, -0.05) is 12.1 Å². The Labute approximate surface area is 174 Å². The first-order chi connectivity index (χ1) is 14.5. The predicted octanol–water partition coefficient (Wildman–Crippen LogP) is 3.72. The molecule has 0 saturated carbocycles. The van der Waals surface area contributed by atoms with Crippen molar-refractivity contribution in [2.75, 3.05) is 31.5 Å². The van der Waals surface area contributed by atoms with E-state index in [1.165, 1.54) is 12.1 Å². The van der Waals surface area contributed by atoms with Gasteiger partial charge in [-0.25, -0.2) is 9.18 Å². The fourth-order valence-electron chi connectivity index (χ4n) is 4.05. The molecule has 2 aromatic carbocycles. The second kappa shape index (κ2) is 8.65. The molecule has 7 heteroatoms. The van der Waals surface area contributed by atoms with Gasteiger partial charge in [0.1, 0.15) is 5.82 Å². The Morgan fingerprint density at radius 3 is 2.53 bits per heavy atom. The summed E-state index contributed by atoms with van der Waals surface area (Å²) in [7, 11) is 0. The van der Waals surface area contributed by atoms with Gasteiger partial charge in [-0.2, -0.15) is 0 Å². The van der Waals surface area contributed by atoms with E-state index in [9.17, 15) is 18.8 Å². The number of ketones is 1. The van der Waals surface area contributed by atoms with Crippen molar-refractivity contribution in [3.8, 4) is 0 Å². The second-order valence-electron chi connectivity index (χ2n) is 7.72. The number of carbonyl (C=O) groups excluding carboxylic acids is 3. The van der Waals surface area contributed by atoms with E-state index in [4.69, 9.17) is 0 Å². The third kappa shape index (κ3) is 4.35. The molecule has 2 aliphatic rings. The SMILES string of the molecule is O=C1CCCc2cc(C(=O)N3CCCN(C(=O)Nc4cccc(F)c4)CC3)ccc21. The summed E-state index contributed by atoms with van der Waals surface area (Å²) in [5.74, 6) is -0.347. The predicted molar refractivity (Wildman–Crippen MR) is 111 cm³/mol. The zero-order valence-electron chi connectivity index (χ0n) is 16.7. The van der Waals surface area contributed by atoms with Crippen LogP contribution in [0.1, 0.15) is 45.5 Å². The van der Waals surface area contributed by atoms with Crippen molar-refractivity contribution in [3.63, 3.8) is 0 Å². The number of anilines is 1. The third-order valence-corrected chi connectivity index (χ3v) is 5.65. The first-order valence-electron chi connectivity index (χ1n) is 10.3. The van der Waals surface area contributed by atoms with Gasteiger partial charge in [-0.15, -0.1) is 0 Å². The van der Waals surface area contributed by atoms with E-state index in [1.54, 1.807) is 34.1 Å². The number of rotatable bonds is 2. The molecule has 6 nitrogen and oxygen atoms in total. The van der Waals surface area contributed by atoms with Crippen LogP contribution >= 0.6 is 0 Å². The number of nitrogens with zero attached hydrogens (tertiary/aromatic N) is 2. The van der Waals surface area contributed by atoms with Crippen LogP contribution in [0.15, 0.2) is 42.5 Å². The fourth-order valence-corrected chi connectivity index (χ4v) is 4.05. The van der Waals surface area contributed by atoms with Crippen molar-refractivity contribution in [2.45, 2.75) is 25.7 Å². The zero-order chi connectivity index (χ0) is 21.1. The summed E-state index contributed by atoms with van der Waals surface area (Å²) in [4.78, 5) is 40.9. The Morgan fingerprint density at radius 2 is 1.70 bits per heavy atom. The van der Waals surface area contributed by atoms with Crippen molar-refractivity contribution >= 4 is 23.4 Å². The van der Waals surface area contributed by atoms with E-state index in [2.05, 4.69) is 5.32 Å². The van der Waals surface area contributed by atoms with E-state index in [-0.39, 0.29) is 17.7 Å². The number of hydrogen-bond acceptors (Lipinski definition) is 3. The summed E-state index contributed by atoms with van der Waals surface area (Å²) in [5, 5.41) is 2.71. The van der Waals surface area contributed by atoms with Crippen LogP contribution in [0.5, 0.6) is 0 Å². The molecule has 0 radical (unpaired) electrons. The molecule has 0 spiro atoms. The second-order valence-corrected chi connectivity index (χ2v) is 7.72. The Balaban J connectivity index is 1.39. The minimum atomic E-state index is -0.410. The average molecular weight is 409 g/mol. The normalized spacial score (nSPS) is 16.6. The van der Waals surface area contributed by atoms with E-state index in [0.717, 1.165) is 24.0 Å². The molecule has 1 aliphatic carbocycles. The van der Waals surface area contributed by atoms with Gasteiger partial charge in [-0.05, 0) is 55.2 Å². The molecule has 4 rings (SSSR count). The van der Waals surface area contributed by atoms with E-state index in [0.29, 0.717) is 50.3 Å². The van der Waals surface area contributed by atoms with Crippen molar-refractivity contribution in [1.82, 2.24) is 9.80 Å². The van der Waals surface area contributed by atoms with Crippen LogP contribution in [-0.2, 0) is 6.42 Å². The number of aryl methyl sites for hydroxylation is 1. The Morgan fingerprint density at radius 1 is 0.900 bits per heavy atom. The molecule has 0 aromatic heterocycles. The molecule has 0 atom stereocenters. The summed E-state index contributed by atoms with van der Waals surface area (Å²) in [5.41, 5.74) is 2.67. The number of halogens is 1. The molecule has 30 heavy (non-hydrogen) atoms. The van der Waals surface area contributed by atoms with Crippen molar-refractivity contribution in [1.29, 1.82) is 0 Å². The van der Waals surface area contributed by atoms with Crippen molar-refractivity contribution in [2.24, 2.45) is 0 Å². The summed E-state index contributed by atoms with van der Waals surface area (Å²) in [6.07, 6.45) is 2.87. The molecular formula is C23H24FN3O3. The molecule has 1 N–H and O–H groups in total. The van der Waals surface area contributed by atoms with Gasteiger partial charge in [0, 0.05) is 49.4 Å². The maximum absolute atomic E-state index is 13.3. The topological polar surface area (TPSA) is 69.7 Å². The quantitative estimate of drug-likeness (QED) is 0.822. The smallest absolute Gasteiger partial charge is 0.321 e. The largest absolute Gasteiger partial charge is 0.337 e. The lowest BCUT2D eigenvalue weighted by molar-refractivity contribution is 0.0762. The van der Waals surface area contributed by atoms with Gasteiger partial charge < -0.3 is 15.1 Å². The minimum absolute atomic E-state index is 0.0804. The molecule has 0 unspecified atom stereocenters. The summed E-state index contributed by atoms with van der Waals surface area (Å²) in [6, 6.07) is 10.8. The minimum Gasteiger partial charge on any atom is -0.337 e. The Kier molecular flexibility index (Phi) is 5.79. The number of amides is 3. The molecule has 1 fully saturated rings. The number of fused-ring (bicyclic) bond motifs is 1. The average Bonchev–Trinajstić information content (AvgIpc) is 2.99. The molecule has 3 amide bonds. The van der Waals surface area contributed by atoms with Crippen molar-refractivity contribution < 1.29 is 18.8 Å². The number of Topliss-reactive ketones (excluding diaryl/α,β-unsaturated/α-hetero) is 1. The Bertz CT molecular complexity index is 991. The van der Waals surface area contributed by atoms with Gasteiger partial charge in [0.2, 0.25) is 0 Å². The van der Waals surface area contributed by atoms with E-state index in [1.807, 2.05) is 6.07 Å². The van der Waals surface area contributed by atoms with Crippen LogP contribution in [0.3, 0.4) is 0 Å². The molecule has 0 bridgehead atoms. The van der Waals surface area contributed by atoms with Gasteiger partial charge in [0.15, 0.2) is 5.78 Å². The van der Waals surface area contributed by atoms with Crippen LogP contribution in [0.25, 0.3) is 0 Å². The molecule has 1 heterocycles. The Hall–Kier alpha value is -3.22. The van der Waals surface area contributed by atoms with Crippen LogP contribution < -0.4 is 5.32 Å². The molecular weight excluding hydrogens is 385 g/mol. The summed E-state index contributed by atoms with van der Waals surface area (Å²) >= 11 is 0. The lowest BCUT2D eigenvalue weighted by Gasteiger charge is -2.23. The van der Waals surface area contributed by atoms with Gasteiger partial charge in [0.05, 0.1) is 0 Å². The fraction of sp³-hybridized carbons (Fsp3) is 0.348. The summed E-state index contributed by atoms with van der Waals surface area (Å²) in [6.45, 7) is 1.89. The molecule has 1 saturated heterocycles. The first-order valence-corrected chi connectivity index (χ1v) is 10.3. The van der Waals surface area contributed by atoms with Crippen LogP contribution in [0.4, 0.5) is 14.9 Å². The van der Waals surface area contributed by atoms with Crippen molar-refractivity contribution in [3.05, 3.63) is 65.0 Å². The maximum atomic E-state index is 13.3. The monoisotopic (exact) mass is 409 g/mol. The van der Waals surface area contributed by atoms with Crippen LogP contribution in [0, 0.1) is 5.82 Å². The number of carbonyl (C=O) groups is 3. The zero-order valence-corrected chi connectivity index (χ0v) is 16.7.